The topological polar surface area (TPSA) is 55.8 Å². The minimum absolute atomic E-state index is 0.0717. The molecule has 0 heterocycles. The molecule has 0 aromatic heterocycles. The van der Waals surface area contributed by atoms with Gasteiger partial charge in [0.15, 0.2) is 6.10 Å². The van der Waals surface area contributed by atoms with Crippen molar-refractivity contribution in [2.45, 2.75) is 20.0 Å². The van der Waals surface area contributed by atoms with Crippen molar-refractivity contribution in [2.24, 2.45) is 5.41 Å². The summed E-state index contributed by atoms with van der Waals surface area (Å²) >= 11 is 0. The van der Waals surface area contributed by atoms with E-state index in [2.05, 4.69) is 18.9 Å². The monoisotopic (exact) mass is 240 g/mol. The summed E-state index contributed by atoms with van der Waals surface area (Å²) in [5.41, 5.74) is 2.03. The van der Waals surface area contributed by atoms with Gasteiger partial charge >= 0.3 is 5.97 Å². The normalized spacial score (nSPS) is 12.4. The average molecular weight is 240 g/mol. The first-order chi connectivity index (χ1) is 7.99. The number of carbonyl (C=O) groups excluding carboxylic acids is 1. The Hall–Kier alpha value is -1.35. The Morgan fingerprint density at radius 1 is 1.59 bits per heavy atom. The van der Waals surface area contributed by atoms with Crippen LogP contribution in [0.5, 0.6) is 0 Å². The smallest absolute Gasteiger partial charge is 0.336 e. The largest absolute Gasteiger partial charge is 0.460 e. The summed E-state index contributed by atoms with van der Waals surface area (Å²) in [7, 11) is 0. The van der Waals surface area contributed by atoms with Gasteiger partial charge in [-0.3, -0.25) is 0 Å². The highest BCUT2D eigenvalue weighted by molar-refractivity contribution is 5.76. The minimum atomic E-state index is -0.802. The predicted octanol–water partition coefficient (Wildman–Crippen LogP) is 1.46. The van der Waals surface area contributed by atoms with Crippen LogP contribution in [-0.4, -0.2) is 37.0 Å². The van der Waals surface area contributed by atoms with Crippen LogP contribution >= 0.6 is 0 Å². The number of aliphatic hydroxyl groups is 1. The van der Waals surface area contributed by atoms with Crippen LogP contribution < -0.4 is 0 Å². The van der Waals surface area contributed by atoms with Gasteiger partial charge in [0.1, 0.15) is 6.61 Å². The molecule has 0 amide bonds. The Kier molecular flexibility index (Phi) is 7.22. The molecule has 17 heavy (non-hydrogen) atoms. The maximum absolute atomic E-state index is 11.8. The second-order valence-corrected chi connectivity index (χ2v) is 4.06. The van der Waals surface area contributed by atoms with Crippen molar-refractivity contribution in [3.8, 4) is 0 Å². The standard InChI is InChI=1S/C13H20O4/c1-5-7-13(3,4)11(16-10-8-14)12(15)17-9-6-2/h6-7,11,14H,1-2,8-10H2,3-4H3. The summed E-state index contributed by atoms with van der Waals surface area (Å²) in [6.07, 6.45) is 2.32. The molecule has 1 atom stereocenters. The van der Waals surface area contributed by atoms with Gasteiger partial charge in [0.25, 0.3) is 0 Å². The molecule has 0 rings (SSSR count). The summed E-state index contributed by atoms with van der Waals surface area (Å²) < 4.78 is 10.3. The van der Waals surface area contributed by atoms with Crippen molar-refractivity contribution in [1.29, 1.82) is 0 Å². The quantitative estimate of drug-likeness (QED) is 0.396. The Bertz CT molecular complexity index is 301. The van der Waals surface area contributed by atoms with E-state index in [0.29, 0.717) is 0 Å². The lowest BCUT2D eigenvalue weighted by molar-refractivity contribution is -0.163. The molecule has 0 saturated carbocycles. The van der Waals surface area contributed by atoms with Crippen molar-refractivity contribution >= 4 is 5.97 Å². The number of esters is 1. The third kappa shape index (κ3) is 5.50. The molecule has 0 aromatic carbocycles. The lowest BCUT2D eigenvalue weighted by atomic mass is 9.86. The first-order valence-corrected chi connectivity index (χ1v) is 5.36. The van der Waals surface area contributed by atoms with E-state index >= 15 is 0 Å². The van der Waals surface area contributed by atoms with Crippen LogP contribution in [0.15, 0.2) is 31.0 Å². The Morgan fingerprint density at radius 3 is 2.71 bits per heavy atom. The molecule has 0 radical (unpaired) electrons. The van der Waals surface area contributed by atoms with Crippen molar-refractivity contribution in [3.63, 3.8) is 0 Å². The van der Waals surface area contributed by atoms with Crippen LogP contribution in [0.25, 0.3) is 0 Å². The van der Waals surface area contributed by atoms with E-state index in [1.807, 2.05) is 13.8 Å². The third-order valence-corrected chi connectivity index (χ3v) is 2.08. The van der Waals surface area contributed by atoms with Gasteiger partial charge in [0.2, 0.25) is 0 Å². The first-order valence-electron chi connectivity index (χ1n) is 5.36. The van der Waals surface area contributed by atoms with E-state index in [4.69, 9.17) is 14.6 Å². The number of carbonyl (C=O) groups is 1. The minimum Gasteiger partial charge on any atom is -0.460 e. The second-order valence-electron chi connectivity index (χ2n) is 4.06. The number of hydrogen-bond acceptors (Lipinski definition) is 4. The number of hydrogen-bond donors (Lipinski definition) is 1. The zero-order valence-corrected chi connectivity index (χ0v) is 10.4. The molecule has 0 spiro atoms. The van der Waals surface area contributed by atoms with Crippen LogP contribution in [-0.2, 0) is 14.3 Å². The highest BCUT2D eigenvalue weighted by atomic mass is 16.6. The third-order valence-electron chi connectivity index (χ3n) is 2.08. The fourth-order valence-corrected chi connectivity index (χ4v) is 1.31. The van der Waals surface area contributed by atoms with E-state index in [1.54, 1.807) is 6.08 Å². The molecule has 0 aromatic rings. The molecule has 0 aliphatic carbocycles. The molecule has 0 bridgehead atoms. The van der Waals surface area contributed by atoms with E-state index < -0.39 is 17.5 Å². The van der Waals surface area contributed by atoms with Crippen LogP contribution in [0.2, 0.25) is 0 Å². The van der Waals surface area contributed by atoms with Gasteiger partial charge in [0, 0.05) is 5.41 Å². The lowest BCUT2D eigenvalue weighted by Crippen LogP contribution is -2.39. The maximum atomic E-state index is 11.8. The molecule has 4 nitrogen and oxygen atoms in total. The zero-order chi connectivity index (χ0) is 13.3. The fourth-order valence-electron chi connectivity index (χ4n) is 1.31. The van der Waals surface area contributed by atoms with Crippen LogP contribution in [0.3, 0.4) is 0 Å². The van der Waals surface area contributed by atoms with Gasteiger partial charge in [-0.1, -0.05) is 33.1 Å². The van der Waals surface area contributed by atoms with Gasteiger partial charge in [-0.2, -0.15) is 0 Å². The lowest BCUT2D eigenvalue weighted by Gasteiger charge is -2.28. The van der Waals surface area contributed by atoms with Crippen molar-refractivity contribution in [2.75, 3.05) is 19.8 Å². The number of aliphatic hydroxyl groups excluding tert-OH is 1. The van der Waals surface area contributed by atoms with E-state index in [1.165, 1.54) is 6.08 Å². The van der Waals surface area contributed by atoms with Gasteiger partial charge in [-0.25, -0.2) is 4.79 Å². The van der Waals surface area contributed by atoms with Gasteiger partial charge in [0.05, 0.1) is 13.2 Å². The van der Waals surface area contributed by atoms with Crippen LogP contribution in [0, 0.1) is 5.41 Å². The van der Waals surface area contributed by atoms with Crippen molar-refractivity contribution in [1.82, 2.24) is 0 Å². The van der Waals surface area contributed by atoms with Gasteiger partial charge in [-0.05, 0) is 6.08 Å². The first kappa shape index (κ1) is 15.7. The molecule has 4 heteroatoms. The molecular formula is C13H20O4. The maximum Gasteiger partial charge on any atom is 0.336 e. The zero-order valence-electron chi connectivity index (χ0n) is 10.4. The van der Waals surface area contributed by atoms with Crippen molar-refractivity contribution < 1.29 is 19.4 Å². The summed E-state index contributed by atoms with van der Waals surface area (Å²) in [5, 5.41) is 8.74. The Balaban J connectivity index is 4.78. The Morgan fingerprint density at radius 2 is 2.24 bits per heavy atom. The van der Waals surface area contributed by atoms with Gasteiger partial charge < -0.3 is 14.6 Å². The molecule has 0 saturated heterocycles. The summed E-state index contributed by atoms with van der Waals surface area (Å²) in [6, 6.07) is 0. The molecule has 0 fully saturated rings. The number of rotatable bonds is 8. The highest BCUT2D eigenvalue weighted by Crippen LogP contribution is 2.26. The Labute approximate surface area is 102 Å². The molecule has 1 N–H and O–H groups in total. The SMILES string of the molecule is C=C=CC(C)(C)C(OCCO)C(=O)OCC=C. The second kappa shape index (κ2) is 7.85. The summed E-state index contributed by atoms with van der Waals surface area (Å²) in [4.78, 5) is 11.8. The molecular weight excluding hydrogens is 220 g/mol. The summed E-state index contributed by atoms with van der Waals surface area (Å²) in [5.74, 6) is -0.491. The predicted molar refractivity (Wildman–Crippen MR) is 65.5 cm³/mol. The fraction of sp³-hybridized carbons (Fsp3) is 0.538. The number of ether oxygens (including phenoxy) is 2. The molecule has 1 unspecified atom stereocenters. The van der Waals surface area contributed by atoms with E-state index in [0.717, 1.165) is 0 Å². The van der Waals surface area contributed by atoms with Crippen molar-refractivity contribution in [3.05, 3.63) is 31.0 Å². The van der Waals surface area contributed by atoms with Crippen LogP contribution in [0.1, 0.15) is 13.8 Å². The molecule has 0 aliphatic rings. The highest BCUT2D eigenvalue weighted by Gasteiger charge is 2.35. The average Bonchev–Trinajstić information content (AvgIpc) is 2.26. The summed E-state index contributed by atoms with van der Waals surface area (Å²) in [6.45, 7) is 10.6. The van der Waals surface area contributed by atoms with E-state index in [-0.39, 0.29) is 19.8 Å². The van der Waals surface area contributed by atoms with Gasteiger partial charge in [-0.15, -0.1) is 5.73 Å². The molecule has 0 aliphatic heterocycles. The van der Waals surface area contributed by atoms with Crippen LogP contribution in [0.4, 0.5) is 0 Å². The molecule has 96 valence electrons. The van der Waals surface area contributed by atoms with E-state index in [9.17, 15) is 4.79 Å².